The number of aryl methyl sites for hydroxylation is 1. The summed E-state index contributed by atoms with van der Waals surface area (Å²) in [6, 6.07) is 0.0923. The molecule has 2 amide bonds. The van der Waals surface area contributed by atoms with Crippen LogP contribution in [-0.4, -0.2) is 34.0 Å². The zero-order valence-corrected chi connectivity index (χ0v) is 14.1. The Hall–Kier alpha value is -2.51. The molecule has 5 nitrogen and oxygen atoms in total. The normalized spacial score (nSPS) is 20.3. The molecule has 0 radical (unpaired) electrons. The fourth-order valence-corrected chi connectivity index (χ4v) is 3.93. The summed E-state index contributed by atoms with van der Waals surface area (Å²) >= 11 is 0. The Kier molecular flexibility index (Phi) is 4.34. The van der Waals surface area contributed by atoms with Gasteiger partial charge >= 0.3 is 6.03 Å². The van der Waals surface area contributed by atoms with Crippen LogP contribution in [0.3, 0.4) is 0 Å². The van der Waals surface area contributed by atoms with E-state index >= 15 is 0 Å². The lowest BCUT2D eigenvalue weighted by molar-refractivity contribution is 0.176. The third-order valence-corrected chi connectivity index (χ3v) is 5.32. The summed E-state index contributed by atoms with van der Waals surface area (Å²) in [7, 11) is 0. The Balaban J connectivity index is 1.41. The van der Waals surface area contributed by atoms with E-state index in [4.69, 9.17) is 0 Å². The Morgan fingerprint density at radius 2 is 1.96 bits per heavy atom. The van der Waals surface area contributed by atoms with Gasteiger partial charge in [0.2, 0.25) is 0 Å². The number of hydrogen-bond acceptors (Lipinski definition) is 2. The minimum atomic E-state index is -1.48. The van der Waals surface area contributed by atoms with Crippen molar-refractivity contribution in [3.05, 3.63) is 52.9 Å². The highest BCUT2D eigenvalue weighted by Gasteiger charge is 2.33. The highest BCUT2D eigenvalue weighted by Crippen LogP contribution is 2.35. The van der Waals surface area contributed by atoms with Gasteiger partial charge in [0.15, 0.2) is 17.5 Å². The van der Waals surface area contributed by atoms with Crippen LogP contribution in [0.15, 0.2) is 18.5 Å². The number of imidazole rings is 1. The maximum absolute atomic E-state index is 14.1. The summed E-state index contributed by atoms with van der Waals surface area (Å²) in [5.41, 5.74) is 0.492. The van der Waals surface area contributed by atoms with Crippen LogP contribution < -0.4 is 5.32 Å². The minimum absolute atomic E-state index is 0.0720. The number of hydrogen-bond donors (Lipinski definition) is 2. The highest BCUT2D eigenvalue weighted by molar-refractivity contribution is 5.75. The summed E-state index contributed by atoms with van der Waals surface area (Å²) in [6.07, 6.45) is 5.91. The zero-order valence-electron chi connectivity index (χ0n) is 14.1. The minimum Gasteiger partial charge on any atom is -0.348 e. The van der Waals surface area contributed by atoms with Crippen molar-refractivity contribution in [2.75, 3.05) is 13.1 Å². The third kappa shape index (κ3) is 2.93. The molecule has 2 aliphatic rings. The number of halogens is 3. The molecule has 8 heteroatoms. The van der Waals surface area contributed by atoms with Gasteiger partial charge in [-0.05, 0) is 37.3 Å². The fraction of sp³-hybridized carbons (Fsp3) is 0.444. The summed E-state index contributed by atoms with van der Waals surface area (Å²) in [4.78, 5) is 21.6. The maximum Gasteiger partial charge on any atom is 0.317 e. The molecule has 1 saturated heterocycles. The molecule has 0 saturated carbocycles. The van der Waals surface area contributed by atoms with Crippen molar-refractivity contribution in [3.8, 4) is 0 Å². The maximum atomic E-state index is 14.1. The summed E-state index contributed by atoms with van der Waals surface area (Å²) in [6.45, 7) is 1.13. The Labute approximate surface area is 148 Å². The van der Waals surface area contributed by atoms with Crippen LogP contribution in [0.1, 0.15) is 48.2 Å². The van der Waals surface area contributed by atoms with Crippen molar-refractivity contribution in [3.63, 3.8) is 0 Å². The molecular formula is C18H19F3N4O. The molecule has 0 spiro atoms. The Morgan fingerprint density at radius 3 is 2.65 bits per heavy atom. The lowest BCUT2D eigenvalue weighted by Crippen LogP contribution is -2.45. The number of carbonyl (C=O) groups is 1. The van der Waals surface area contributed by atoms with Crippen LogP contribution in [-0.2, 0) is 6.42 Å². The average molecular weight is 364 g/mol. The van der Waals surface area contributed by atoms with E-state index in [0.717, 1.165) is 24.7 Å². The number of aromatic amines is 1. The van der Waals surface area contributed by atoms with Crippen LogP contribution >= 0.6 is 0 Å². The van der Waals surface area contributed by atoms with Gasteiger partial charge in [-0.15, -0.1) is 0 Å². The van der Waals surface area contributed by atoms with Gasteiger partial charge in [-0.25, -0.2) is 22.9 Å². The topological polar surface area (TPSA) is 61.0 Å². The second kappa shape index (κ2) is 6.66. The van der Waals surface area contributed by atoms with Crippen molar-refractivity contribution >= 4 is 6.03 Å². The SMILES string of the molecule is O=C(NC1CCc2cc(F)c(F)c(F)c21)N1CCC(c2ncc[nH]2)CC1. The quantitative estimate of drug-likeness (QED) is 0.803. The number of aromatic nitrogens is 2. The Morgan fingerprint density at radius 1 is 1.19 bits per heavy atom. The first-order valence-electron chi connectivity index (χ1n) is 8.75. The van der Waals surface area contributed by atoms with E-state index in [1.54, 1.807) is 17.3 Å². The predicted octanol–water partition coefficient (Wildman–Crippen LogP) is 3.40. The third-order valence-electron chi connectivity index (χ3n) is 5.32. The molecule has 1 aromatic heterocycles. The second-order valence-electron chi connectivity index (χ2n) is 6.84. The lowest BCUT2D eigenvalue weighted by atomic mass is 9.96. The van der Waals surface area contributed by atoms with Crippen LogP contribution in [0.5, 0.6) is 0 Å². The van der Waals surface area contributed by atoms with Gasteiger partial charge in [-0.2, -0.15) is 0 Å². The van der Waals surface area contributed by atoms with Crippen molar-refractivity contribution in [1.29, 1.82) is 0 Å². The number of fused-ring (bicyclic) bond motifs is 1. The molecule has 1 atom stereocenters. The molecule has 138 valence electrons. The molecule has 2 heterocycles. The van der Waals surface area contributed by atoms with E-state index in [1.165, 1.54) is 0 Å². The van der Waals surface area contributed by atoms with Crippen molar-refractivity contribution in [1.82, 2.24) is 20.2 Å². The van der Waals surface area contributed by atoms with Crippen molar-refractivity contribution in [2.45, 2.75) is 37.6 Å². The van der Waals surface area contributed by atoms with E-state index in [-0.39, 0.29) is 17.5 Å². The molecule has 1 fully saturated rings. The standard InChI is InChI=1S/C18H19F3N4O/c19-12-9-11-1-2-13(14(11)16(21)15(12)20)24-18(26)25-7-3-10(4-8-25)17-22-5-6-23-17/h5-6,9-10,13H,1-4,7-8H2,(H,22,23)(H,24,26). The van der Waals surface area contributed by atoms with Gasteiger partial charge in [-0.1, -0.05) is 0 Å². The number of likely N-dealkylation sites (tertiary alicyclic amines) is 1. The molecular weight excluding hydrogens is 345 g/mol. The number of H-pyrrole nitrogens is 1. The van der Waals surface area contributed by atoms with Gasteiger partial charge < -0.3 is 15.2 Å². The number of benzene rings is 1. The van der Waals surface area contributed by atoms with Crippen LogP contribution in [0, 0.1) is 17.5 Å². The summed E-state index contributed by atoms with van der Waals surface area (Å²) < 4.78 is 41.0. The van der Waals surface area contributed by atoms with Gasteiger partial charge in [0.25, 0.3) is 0 Å². The molecule has 1 unspecified atom stereocenters. The second-order valence-corrected chi connectivity index (χ2v) is 6.84. The average Bonchev–Trinajstić information content (AvgIpc) is 3.30. The molecule has 1 aliphatic carbocycles. The molecule has 2 N–H and O–H groups in total. The van der Waals surface area contributed by atoms with E-state index in [9.17, 15) is 18.0 Å². The predicted molar refractivity (Wildman–Crippen MR) is 88.0 cm³/mol. The summed E-state index contributed by atoms with van der Waals surface area (Å²) in [5, 5.41) is 2.78. The van der Waals surface area contributed by atoms with Gasteiger partial charge in [0, 0.05) is 37.0 Å². The van der Waals surface area contributed by atoms with E-state index < -0.39 is 23.5 Å². The number of carbonyl (C=O) groups excluding carboxylic acids is 1. The van der Waals surface area contributed by atoms with Crippen molar-refractivity contribution in [2.24, 2.45) is 0 Å². The van der Waals surface area contributed by atoms with Gasteiger partial charge in [-0.3, -0.25) is 0 Å². The molecule has 2 aromatic rings. The number of amides is 2. The first-order chi connectivity index (χ1) is 12.5. The highest BCUT2D eigenvalue weighted by atomic mass is 19.2. The number of nitrogens with one attached hydrogen (secondary N) is 2. The molecule has 26 heavy (non-hydrogen) atoms. The monoisotopic (exact) mass is 364 g/mol. The van der Waals surface area contributed by atoms with Crippen molar-refractivity contribution < 1.29 is 18.0 Å². The number of nitrogens with zero attached hydrogens (tertiary/aromatic N) is 2. The summed E-state index contributed by atoms with van der Waals surface area (Å²) in [5.74, 6) is -2.65. The first-order valence-corrected chi connectivity index (χ1v) is 8.75. The van der Waals surface area contributed by atoms with Gasteiger partial charge in [0.1, 0.15) is 5.82 Å². The Bertz CT molecular complexity index is 816. The molecule has 4 rings (SSSR count). The van der Waals surface area contributed by atoms with E-state index in [0.29, 0.717) is 31.5 Å². The van der Waals surface area contributed by atoms with E-state index in [1.807, 2.05) is 0 Å². The largest absolute Gasteiger partial charge is 0.348 e. The molecule has 1 aliphatic heterocycles. The smallest absolute Gasteiger partial charge is 0.317 e. The molecule has 0 bridgehead atoms. The van der Waals surface area contributed by atoms with Crippen LogP contribution in [0.2, 0.25) is 0 Å². The fourth-order valence-electron chi connectivity index (χ4n) is 3.93. The van der Waals surface area contributed by atoms with E-state index in [2.05, 4.69) is 15.3 Å². The zero-order chi connectivity index (χ0) is 18.3. The van der Waals surface area contributed by atoms with Crippen LogP contribution in [0.25, 0.3) is 0 Å². The number of piperidine rings is 1. The number of rotatable bonds is 2. The lowest BCUT2D eigenvalue weighted by Gasteiger charge is -2.32. The molecule has 1 aromatic carbocycles. The number of urea groups is 1. The van der Waals surface area contributed by atoms with Gasteiger partial charge in [0.05, 0.1) is 6.04 Å². The van der Waals surface area contributed by atoms with Crippen LogP contribution in [0.4, 0.5) is 18.0 Å². The first kappa shape index (κ1) is 16.9.